The van der Waals surface area contributed by atoms with Gasteiger partial charge in [0.05, 0.1) is 0 Å². The maximum absolute atomic E-state index is 12.2. The van der Waals surface area contributed by atoms with Crippen LogP contribution in [0.2, 0.25) is 0 Å². The number of rotatable bonds is 6. The van der Waals surface area contributed by atoms with Crippen LogP contribution >= 0.6 is 0 Å². The molecule has 0 saturated carbocycles. The number of para-hydroxylation sites is 1. The van der Waals surface area contributed by atoms with Crippen LogP contribution in [0.4, 0.5) is 0 Å². The lowest BCUT2D eigenvalue weighted by Gasteiger charge is -2.13. The highest BCUT2D eigenvalue weighted by atomic mass is 16.5. The molecule has 0 aliphatic carbocycles. The molecule has 1 heterocycles. The molecule has 0 fully saturated rings. The van der Waals surface area contributed by atoms with Gasteiger partial charge in [-0.05, 0) is 32.0 Å². The van der Waals surface area contributed by atoms with Crippen LogP contribution in [0.5, 0.6) is 11.6 Å². The van der Waals surface area contributed by atoms with Crippen LogP contribution < -0.4 is 15.4 Å². The van der Waals surface area contributed by atoms with Crippen LogP contribution in [-0.2, 0) is 4.79 Å². The number of likely N-dealkylation sites (N-methyl/N-ethyl adjacent to an activating group) is 1. The number of nitrogens with zero attached hydrogens (tertiary/aromatic N) is 1. The summed E-state index contributed by atoms with van der Waals surface area (Å²) in [6.07, 6.45) is 1.49. The molecule has 0 aliphatic rings. The van der Waals surface area contributed by atoms with Crippen molar-refractivity contribution in [3.05, 3.63) is 54.2 Å². The summed E-state index contributed by atoms with van der Waals surface area (Å²) in [5.74, 6) is 0.363. The Labute approximate surface area is 134 Å². The lowest BCUT2D eigenvalue weighted by molar-refractivity contribution is -0.122. The number of amides is 2. The lowest BCUT2D eigenvalue weighted by Crippen LogP contribution is -2.44. The fourth-order valence-electron chi connectivity index (χ4n) is 1.89. The van der Waals surface area contributed by atoms with Crippen molar-refractivity contribution in [2.45, 2.75) is 19.9 Å². The molecule has 2 N–H and O–H groups in total. The molecule has 2 amide bonds. The fourth-order valence-corrected chi connectivity index (χ4v) is 1.89. The largest absolute Gasteiger partial charge is 0.439 e. The maximum Gasteiger partial charge on any atom is 0.252 e. The van der Waals surface area contributed by atoms with Gasteiger partial charge in [-0.25, -0.2) is 4.98 Å². The number of ether oxygens (including phenoxy) is 1. The number of hydrogen-bond donors (Lipinski definition) is 2. The van der Waals surface area contributed by atoms with Crippen LogP contribution in [0.25, 0.3) is 0 Å². The van der Waals surface area contributed by atoms with Gasteiger partial charge in [0.15, 0.2) is 0 Å². The van der Waals surface area contributed by atoms with E-state index in [-0.39, 0.29) is 11.8 Å². The maximum atomic E-state index is 12.2. The smallest absolute Gasteiger partial charge is 0.252 e. The minimum absolute atomic E-state index is 0.226. The lowest BCUT2D eigenvalue weighted by atomic mass is 10.2. The fraction of sp³-hybridized carbons (Fsp3) is 0.235. The Hall–Kier alpha value is -2.89. The Morgan fingerprint density at radius 1 is 1.22 bits per heavy atom. The molecule has 1 aromatic carbocycles. The number of carbonyl (C=O) groups excluding carboxylic acids is 2. The molecule has 1 atom stereocenters. The number of hydrogen-bond acceptors (Lipinski definition) is 4. The molecule has 0 radical (unpaired) electrons. The number of aromatic nitrogens is 1. The number of nitrogens with one attached hydrogen (secondary N) is 2. The van der Waals surface area contributed by atoms with Crippen molar-refractivity contribution in [3.8, 4) is 11.6 Å². The van der Waals surface area contributed by atoms with E-state index < -0.39 is 6.04 Å². The van der Waals surface area contributed by atoms with Gasteiger partial charge in [0.1, 0.15) is 11.8 Å². The summed E-state index contributed by atoms with van der Waals surface area (Å²) >= 11 is 0. The summed E-state index contributed by atoms with van der Waals surface area (Å²) < 4.78 is 5.59. The highest BCUT2D eigenvalue weighted by Crippen LogP contribution is 2.19. The molecule has 0 aliphatic heterocycles. The van der Waals surface area contributed by atoms with E-state index in [0.29, 0.717) is 23.7 Å². The predicted molar refractivity (Wildman–Crippen MR) is 86.4 cm³/mol. The normalized spacial score (nSPS) is 11.4. The highest BCUT2D eigenvalue weighted by molar-refractivity contribution is 5.97. The molecular formula is C17H19N3O3. The molecular weight excluding hydrogens is 294 g/mol. The first-order valence-electron chi connectivity index (χ1n) is 7.37. The number of carbonyl (C=O) groups is 2. The molecule has 6 heteroatoms. The summed E-state index contributed by atoms with van der Waals surface area (Å²) in [7, 11) is 0. The third-order valence-corrected chi connectivity index (χ3v) is 3.05. The van der Waals surface area contributed by atoms with Crippen molar-refractivity contribution < 1.29 is 14.3 Å². The van der Waals surface area contributed by atoms with Gasteiger partial charge in [-0.2, -0.15) is 0 Å². The van der Waals surface area contributed by atoms with Crippen LogP contribution in [0.3, 0.4) is 0 Å². The Balaban J connectivity index is 2.04. The number of pyridine rings is 1. The van der Waals surface area contributed by atoms with E-state index in [4.69, 9.17) is 4.74 Å². The molecule has 0 unspecified atom stereocenters. The summed E-state index contributed by atoms with van der Waals surface area (Å²) in [5.41, 5.74) is 0.377. The van der Waals surface area contributed by atoms with Crippen molar-refractivity contribution in [2.75, 3.05) is 6.54 Å². The quantitative estimate of drug-likeness (QED) is 0.856. The van der Waals surface area contributed by atoms with Gasteiger partial charge in [0.25, 0.3) is 5.91 Å². The van der Waals surface area contributed by atoms with Crippen LogP contribution in [0.15, 0.2) is 48.7 Å². The van der Waals surface area contributed by atoms with Crippen molar-refractivity contribution >= 4 is 11.8 Å². The van der Waals surface area contributed by atoms with Gasteiger partial charge >= 0.3 is 0 Å². The van der Waals surface area contributed by atoms with E-state index in [2.05, 4.69) is 15.6 Å². The third kappa shape index (κ3) is 4.81. The van der Waals surface area contributed by atoms with E-state index in [1.165, 1.54) is 12.3 Å². The Bertz CT molecular complexity index is 674. The highest BCUT2D eigenvalue weighted by Gasteiger charge is 2.16. The summed E-state index contributed by atoms with van der Waals surface area (Å²) in [6.45, 7) is 3.97. The minimum Gasteiger partial charge on any atom is -0.439 e. The monoisotopic (exact) mass is 313 g/mol. The molecule has 1 aromatic heterocycles. The first-order valence-corrected chi connectivity index (χ1v) is 7.37. The van der Waals surface area contributed by atoms with Crippen LogP contribution in [0, 0.1) is 0 Å². The molecule has 120 valence electrons. The molecule has 0 bridgehead atoms. The van der Waals surface area contributed by atoms with Crippen molar-refractivity contribution in [2.24, 2.45) is 0 Å². The van der Waals surface area contributed by atoms with Crippen LogP contribution in [0.1, 0.15) is 24.2 Å². The topological polar surface area (TPSA) is 80.3 Å². The summed E-state index contributed by atoms with van der Waals surface area (Å²) in [4.78, 5) is 27.9. The van der Waals surface area contributed by atoms with Gasteiger partial charge in [-0.15, -0.1) is 0 Å². The van der Waals surface area contributed by atoms with Gasteiger partial charge in [-0.3, -0.25) is 9.59 Å². The molecule has 6 nitrogen and oxygen atoms in total. The second-order valence-electron chi connectivity index (χ2n) is 4.89. The van der Waals surface area contributed by atoms with Crippen molar-refractivity contribution in [1.82, 2.24) is 15.6 Å². The second-order valence-corrected chi connectivity index (χ2v) is 4.89. The molecule has 2 aromatic rings. The zero-order valence-electron chi connectivity index (χ0n) is 13.1. The van der Waals surface area contributed by atoms with Gasteiger partial charge in [0.2, 0.25) is 11.8 Å². The van der Waals surface area contributed by atoms with Gasteiger partial charge < -0.3 is 15.4 Å². The molecule has 2 rings (SSSR count). The van der Waals surface area contributed by atoms with Crippen LogP contribution in [-0.4, -0.2) is 29.4 Å². The van der Waals surface area contributed by atoms with E-state index >= 15 is 0 Å². The number of benzene rings is 1. The van der Waals surface area contributed by atoms with Gasteiger partial charge in [-0.1, -0.05) is 18.2 Å². The Morgan fingerprint density at radius 3 is 2.65 bits per heavy atom. The first-order chi connectivity index (χ1) is 11.1. The molecule has 0 saturated heterocycles. The van der Waals surface area contributed by atoms with E-state index in [9.17, 15) is 9.59 Å². The Kier molecular flexibility index (Phi) is 5.68. The predicted octanol–water partition coefficient (Wildman–Crippen LogP) is 2.13. The van der Waals surface area contributed by atoms with E-state index in [1.807, 2.05) is 25.1 Å². The minimum atomic E-state index is -0.617. The van der Waals surface area contributed by atoms with Gasteiger partial charge in [0, 0.05) is 24.4 Å². The zero-order valence-corrected chi connectivity index (χ0v) is 13.1. The van der Waals surface area contributed by atoms with Crippen molar-refractivity contribution in [3.63, 3.8) is 0 Å². The van der Waals surface area contributed by atoms with E-state index in [0.717, 1.165) is 0 Å². The summed E-state index contributed by atoms with van der Waals surface area (Å²) in [6, 6.07) is 11.7. The SMILES string of the molecule is CCNC(=O)[C@@H](C)NC(=O)c1ccnc(Oc2ccccc2)c1. The summed E-state index contributed by atoms with van der Waals surface area (Å²) in [5, 5.41) is 5.29. The zero-order chi connectivity index (χ0) is 16.7. The average Bonchev–Trinajstić information content (AvgIpc) is 2.56. The molecule has 0 spiro atoms. The standard InChI is InChI=1S/C17H19N3O3/c1-3-18-16(21)12(2)20-17(22)13-9-10-19-15(11-13)23-14-7-5-4-6-8-14/h4-12H,3H2,1-2H3,(H,18,21)(H,20,22)/t12-/m1/s1. The third-order valence-electron chi connectivity index (χ3n) is 3.05. The first kappa shape index (κ1) is 16.5. The van der Waals surface area contributed by atoms with E-state index in [1.54, 1.807) is 25.1 Å². The second kappa shape index (κ2) is 7.93. The average molecular weight is 313 g/mol. The van der Waals surface area contributed by atoms with Crippen molar-refractivity contribution in [1.29, 1.82) is 0 Å². The Morgan fingerprint density at radius 2 is 1.96 bits per heavy atom. The molecule has 23 heavy (non-hydrogen) atoms.